The summed E-state index contributed by atoms with van der Waals surface area (Å²) in [5, 5.41) is 11.5. The lowest BCUT2D eigenvalue weighted by Gasteiger charge is -2.06. The van der Waals surface area contributed by atoms with E-state index in [-0.39, 0.29) is 11.3 Å². The van der Waals surface area contributed by atoms with Crippen LogP contribution in [-0.4, -0.2) is 16.1 Å². The van der Waals surface area contributed by atoms with Crippen LogP contribution < -0.4 is 4.74 Å². The lowest BCUT2D eigenvalue weighted by molar-refractivity contribution is 0.0692. The maximum Gasteiger partial charge on any atom is 0.338 e. The van der Waals surface area contributed by atoms with Crippen LogP contribution in [0.2, 0.25) is 0 Å². The maximum absolute atomic E-state index is 13.6. The van der Waals surface area contributed by atoms with Crippen LogP contribution in [0.25, 0.3) is 10.1 Å². The second kappa shape index (κ2) is 4.90. The number of carbonyl (C=O) groups is 1. The monoisotopic (exact) mass is 289 g/mol. The highest BCUT2D eigenvalue weighted by molar-refractivity contribution is 7.17. The number of pyridine rings is 1. The van der Waals surface area contributed by atoms with Gasteiger partial charge in [0.1, 0.15) is 11.6 Å². The number of nitrogens with zero attached hydrogens (tertiary/aromatic N) is 1. The van der Waals surface area contributed by atoms with Gasteiger partial charge in [-0.25, -0.2) is 14.2 Å². The highest BCUT2D eigenvalue weighted by atomic mass is 32.1. The fourth-order valence-corrected chi connectivity index (χ4v) is 2.57. The Bertz CT molecular complexity index is 800. The molecule has 3 aromatic rings. The van der Waals surface area contributed by atoms with Crippen LogP contribution in [0.15, 0.2) is 41.9 Å². The van der Waals surface area contributed by atoms with Crippen LogP contribution in [0, 0.1) is 5.82 Å². The molecule has 0 amide bonds. The van der Waals surface area contributed by atoms with Gasteiger partial charge in [0.2, 0.25) is 5.88 Å². The van der Waals surface area contributed by atoms with Gasteiger partial charge in [0.15, 0.2) is 0 Å². The van der Waals surface area contributed by atoms with Crippen LogP contribution >= 0.6 is 11.3 Å². The highest BCUT2D eigenvalue weighted by Gasteiger charge is 2.12. The van der Waals surface area contributed by atoms with Crippen molar-refractivity contribution in [3.63, 3.8) is 0 Å². The number of hydrogen-bond acceptors (Lipinski definition) is 4. The van der Waals surface area contributed by atoms with Gasteiger partial charge in [0.25, 0.3) is 0 Å². The predicted octanol–water partition coefficient (Wildman–Crippen LogP) is 3.93. The predicted molar refractivity (Wildman–Crippen MR) is 73.1 cm³/mol. The molecule has 1 N–H and O–H groups in total. The van der Waals surface area contributed by atoms with Crippen molar-refractivity contribution in [2.24, 2.45) is 0 Å². The number of carboxylic acids is 1. The summed E-state index contributed by atoms with van der Waals surface area (Å²) in [5.74, 6) is -1.58. The van der Waals surface area contributed by atoms with E-state index in [4.69, 9.17) is 9.84 Å². The molecule has 20 heavy (non-hydrogen) atoms. The molecular formula is C14H8FNO3S. The molecule has 3 rings (SSSR count). The SMILES string of the molecule is O=C(O)c1ccc(Oc2nccc3sccc23)cc1F. The normalized spacial score (nSPS) is 10.7. The molecule has 0 saturated carbocycles. The Kier molecular flexibility index (Phi) is 3.08. The van der Waals surface area contributed by atoms with Gasteiger partial charge in [0, 0.05) is 17.0 Å². The summed E-state index contributed by atoms with van der Waals surface area (Å²) in [6.45, 7) is 0. The zero-order chi connectivity index (χ0) is 14.1. The number of carboxylic acid groups (broad SMARTS) is 1. The summed E-state index contributed by atoms with van der Waals surface area (Å²) in [5.41, 5.74) is -0.390. The van der Waals surface area contributed by atoms with Crippen molar-refractivity contribution in [1.82, 2.24) is 4.98 Å². The third kappa shape index (κ3) is 2.21. The van der Waals surface area contributed by atoms with Crippen LogP contribution in [0.5, 0.6) is 11.6 Å². The first-order chi connectivity index (χ1) is 9.65. The van der Waals surface area contributed by atoms with Crippen molar-refractivity contribution in [2.75, 3.05) is 0 Å². The van der Waals surface area contributed by atoms with Crippen LogP contribution in [0.3, 0.4) is 0 Å². The van der Waals surface area contributed by atoms with Crippen LogP contribution in [0.1, 0.15) is 10.4 Å². The molecule has 0 radical (unpaired) electrons. The third-order valence-corrected chi connectivity index (χ3v) is 3.61. The van der Waals surface area contributed by atoms with Crippen molar-refractivity contribution in [1.29, 1.82) is 0 Å². The quantitative estimate of drug-likeness (QED) is 0.793. The Morgan fingerprint density at radius 1 is 1.30 bits per heavy atom. The first kappa shape index (κ1) is 12.6. The van der Waals surface area contributed by atoms with E-state index in [1.54, 1.807) is 17.5 Å². The average molecular weight is 289 g/mol. The first-order valence-corrected chi connectivity index (χ1v) is 6.56. The fraction of sp³-hybridized carbons (Fsp3) is 0. The van der Waals surface area contributed by atoms with E-state index in [9.17, 15) is 9.18 Å². The van der Waals surface area contributed by atoms with E-state index in [2.05, 4.69) is 4.98 Å². The number of rotatable bonds is 3. The van der Waals surface area contributed by atoms with Crippen molar-refractivity contribution in [2.45, 2.75) is 0 Å². The summed E-state index contributed by atoms with van der Waals surface area (Å²) in [4.78, 5) is 14.8. The number of aromatic carboxylic acids is 1. The van der Waals surface area contributed by atoms with Gasteiger partial charge in [-0.05, 0) is 29.6 Å². The lowest BCUT2D eigenvalue weighted by Crippen LogP contribution is -2.00. The second-order valence-electron chi connectivity index (χ2n) is 4.00. The van der Waals surface area contributed by atoms with Gasteiger partial charge in [-0.3, -0.25) is 0 Å². The third-order valence-electron chi connectivity index (χ3n) is 2.73. The fourth-order valence-electron chi connectivity index (χ4n) is 1.79. The van der Waals surface area contributed by atoms with Crippen molar-refractivity contribution in [3.05, 3.63) is 53.3 Å². The van der Waals surface area contributed by atoms with Gasteiger partial charge in [-0.2, -0.15) is 0 Å². The Hall–Kier alpha value is -2.47. The number of ether oxygens (including phenoxy) is 1. The summed E-state index contributed by atoms with van der Waals surface area (Å²) in [7, 11) is 0. The minimum atomic E-state index is -1.31. The van der Waals surface area contributed by atoms with Crippen molar-refractivity contribution < 1.29 is 19.0 Å². The van der Waals surface area contributed by atoms with E-state index in [0.717, 1.165) is 16.2 Å². The molecule has 2 heterocycles. The lowest BCUT2D eigenvalue weighted by atomic mass is 10.2. The molecule has 0 atom stereocenters. The molecule has 0 bridgehead atoms. The molecule has 0 aliphatic carbocycles. The van der Waals surface area contributed by atoms with E-state index in [0.29, 0.717) is 5.88 Å². The molecule has 2 aromatic heterocycles. The largest absolute Gasteiger partial charge is 0.478 e. The molecule has 0 saturated heterocycles. The topological polar surface area (TPSA) is 59.4 Å². The van der Waals surface area contributed by atoms with Gasteiger partial charge in [0.05, 0.1) is 10.9 Å². The standard InChI is InChI=1S/C14H8FNO3S/c15-11-7-8(1-2-9(11)14(17)18)19-13-10-4-6-20-12(10)3-5-16-13/h1-7H,(H,17,18). The maximum atomic E-state index is 13.6. The molecule has 0 aliphatic rings. The van der Waals surface area contributed by atoms with E-state index in [1.165, 1.54) is 12.1 Å². The Balaban J connectivity index is 1.97. The summed E-state index contributed by atoms with van der Waals surface area (Å²) >= 11 is 1.55. The molecule has 100 valence electrons. The second-order valence-corrected chi connectivity index (χ2v) is 4.95. The van der Waals surface area contributed by atoms with Crippen molar-refractivity contribution in [3.8, 4) is 11.6 Å². The van der Waals surface area contributed by atoms with Crippen molar-refractivity contribution >= 4 is 27.4 Å². The molecule has 0 unspecified atom stereocenters. The van der Waals surface area contributed by atoms with Gasteiger partial charge < -0.3 is 9.84 Å². The Morgan fingerprint density at radius 2 is 2.15 bits per heavy atom. The number of halogens is 1. The number of thiophene rings is 1. The number of hydrogen-bond donors (Lipinski definition) is 1. The molecule has 0 spiro atoms. The van der Waals surface area contributed by atoms with Gasteiger partial charge in [-0.15, -0.1) is 11.3 Å². The van der Waals surface area contributed by atoms with Gasteiger partial charge >= 0.3 is 5.97 Å². The highest BCUT2D eigenvalue weighted by Crippen LogP contribution is 2.31. The first-order valence-electron chi connectivity index (χ1n) is 5.68. The molecule has 0 fully saturated rings. The van der Waals surface area contributed by atoms with Crippen LogP contribution in [-0.2, 0) is 0 Å². The number of benzene rings is 1. The molecule has 1 aromatic carbocycles. The van der Waals surface area contributed by atoms with Gasteiger partial charge in [-0.1, -0.05) is 0 Å². The Morgan fingerprint density at radius 3 is 2.90 bits per heavy atom. The molecule has 6 heteroatoms. The molecule has 0 aliphatic heterocycles. The van der Waals surface area contributed by atoms with E-state index in [1.807, 2.05) is 17.5 Å². The minimum Gasteiger partial charge on any atom is -0.478 e. The summed E-state index contributed by atoms with van der Waals surface area (Å²) in [6, 6.07) is 7.34. The minimum absolute atomic E-state index is 0.207. The zero-order valence-corrected chi connectivity index (χ0v) is 10.9. The molecular weight excluding hydrogens is 281 g/mol. The summed E-state index contributed by atoms with van der Waals surface area (Å²) < 4.78 is 20.1. The van der Waals surface area contributed by atoms with E-state index >= 15 is 0 Å². The smallest absolute Gasteiger partial charge is 0.338 e. The zero-order valence-electron chi connectivity index (χ0n) is 10.0. The number of fused-ring (bicyclic) bond motifs is 1. The molecule has 4 nitrogen and oxygen atoms in total. The average Bonchev–Trinajstić information content (AvgIpc) is 2.87. The summed E-state index contributed by atoms with van der Waals surface area (Å²) in [6.07, 6.45) is 1.61. The van der Waals surface area contributed by atoms with Crippen LogP contribution in [0.4, 0.5) is 4.39 Å². The van der Waals surface area contributed by atoms with E-state index < -0.39 is 11.8 Å². The Labute approximate surface area is 117 Å². The number of aromatic nitrogens is 1.